The Morgan fingerprint density at radius 3 is 2.44 bits per heavy atom. The van der Waals surface area contributed by atoms with Gasteiger partial charge in [-0.1, -0.05) is 24.3 Å². The minimum absolute atomic E-state index is 0.609. The first kappa shape index (κ1) is 19.1. The molecule has 0 amide bonds. The molecule has 7 nitrogen and oxygen atoms in total. The molecule has 0 aliphatic carbocycles. The first-order valence-electron chi connectivity index (χ1n) is 9.42. The molecule has 0 radical (unpaired) electrons. The maximum Gasteiger partial charge on any atom is 0.225 e. The summed E-state index contributed by atoms with van der Waals surface area (Å²) in [7, 11) is 1.72. The van der Waals surface area contributed by atoms with Crippen LogP contribution in [0.2, 0.25) is 0 Å². The van der Waals surface area contributed by atoms with Gasteiger partial charge in [0.1, 0.15) is 0 Å². The maximum atomic E-state index is 5.30. The molecule has 0 bridgehead atoms. The molecule has 1 aliphatic rings. The van der Waals surface area contributed by atoms with Crippen LogP contribution in [0.4, 0.5) is 5.95 Å². The van der Waals surface area contributed by atoms with Gasteiger partial charge in [0.15, 0.2) is 5.96 Å². The number of guanidine groups is 1. The van der Waals surface area contributed by atoms with Gasteiger partial charge >= 0.3 is 0 Å². The molecule has 1 aromatic carbocycles. The second kappa shape index (κ2) is 9.87. The maximum absolute atomic E-state index is 5.30. The largest absolute Gasteiger partial charge is 0.380 e. The van der Waals surface area contributed by atoms with Crippen molar-refractivity contribution in [2.75, 3.05) is 44.7 Å². The lowest BCUT2D eigenvalue weighted by Gasteiger charge is -2.36. The van der Waals surface area contributed by atoms with Crippen LogP contribution in [-0.2, 0) is 17.9 Å². The molecule has 0 atom stereocenters. The van der Waals surface area contributed by atoms with E-state index in [-0.39, 0.29) is 0 Å². The molecule has 27 heavy (non-hydrogen) atoms. The van der Waals surface area contributed by atoms with Gasteiger partial charge < -0.3 is 19.9 Å². The van der Waals surface area contributed by atoms with Crippen LogP contribution in [0, 0.1) is 0 Å². The number of aromatic nitrogens is 2. The van der Waals surface area contributed by atoms with Gasteiger partial charge in [-0.25, -0.2) is 15.0 Å². The Morgan fingerprint density at radius 1 is 1.07 bits per heavy atom. The van der Waals surface area contributed by atoms with Crippen molar-refractivity contribution < 1.29 is 4.74 Å². The monoisotopic (exact) mass is 368 g/mol. The Bertz CT molecular complexity index is 728. The van der Waals surface area contributed by atoms with Gasteiger partial charge in [-0.2, -0.15) is 0 Å². The molecular weight excluding hydrogens is 340 g/mol. The Morgan fingerprint density at radius 2 is 1.78 bits per heavy atom. The Balaban J connectivity index is 1.65. The number of piperazine rings is 1. The second-order valence-corrected chi connectivity index (χ2v) is 6.39. The first-order valence-corrected chi connectivity index (χ1v) is 9.42. The summed E-state index contributed by atoms with van der Waals surface area (Å²) >= 11 is 0. The summed E-state index contributed by atoms with van der Waals surface area (Å²) in [6.45, 7) is 7.75. The molecule has 0 saturated carbocycles. The van der Waals surface area contributed by atoms with Gasteiger partial charge in [-0.05, 0) is 24.1 Å². The summed E-state index contributed by atoms with van der Waals surface area (Å²) in [5.41, 5.74) is 2.39. The normalized spacial score (nSPS) is 15.1. The zero-order chi connectivity index (χ0) is 18.9. The average molecular weight is 368 g/mol. The van der Waals surface area contributed by atoms with Crippen molar-refractivity contribution in [3.05, 3.63) is 53.9 Å². The van der Waals surface area contributed by atoms with Gasteiger partial charge in [0.25, 0.3) is 0 Å². The summed E-state index contributed by atoms with van der Waals surface area (Å²) < 4.78 is 5.30. The van der Waals surface area contributed by atoms with E-state index in [0.717, 1.165) is 44.6 Å². The fourth-order valence-corrected chi connectivity index (χ4v) is 3.17. The molecule has 1 saturated heterocycles. The standard InChI is InChI=1S/C20H28N6O/c1-3-21-19(24-15-17-7-4-5-8-18(17)16-27-2)25-11-13-26(14-12-25)20-22-9-6-10-23-20/h4-10H,3,11-16H2,1-2H3,(H,21,24). The number of hydrogen-bond acceptors (Lipinski definition) is 5. The van der Waals surface area contributed by atoms with Crippen LogP contribution in [0.15, 0.2) is 47.7 Å². The number of ether oxygens (including phenoxy) is 1. The third-order valence-electron chi connectivity index (χ3n) is 4.57. The number of anilines is 1. The number of aliphatic imine (C=N–C) groups is 1. The highest BCUT2D eigenvalue weighted by atomic mass is 16.5. The molecule has 0 spiro atoms. The zero-order valence-corrected chi connectivity index (χ0v) is 16.1. The number of benzene rings is 1. The van der Waals surface area contributed by atoms with E-state index in [1.54, 1.807) is 19.5 Å². The fraction of sp³-hybridized carbons (Fsp3) is 0.450. The average Bonchev–Trinajstić information content (AvgIpc) is 2.73. The minimum Gasteiger partial charge on any atom is -0.380 e. The quantitative estimate of drug-likeness (QED) is 0.621. The lowest BCUT2D eigenvalue weighted by atomic mass is 10.1. The highest BCUT2D eigenvalue weighted by Gasteiger charge is 2.21. The lowest BCUT2D eigenvalue weighted by molar-refractivity contribution is 0.184. The summed E-state index contributed by atoms with van der Waals surface area (Å²) in [5, 5.41) is 3.42. The van der Waals surface area contributed by atoms with Gasteiger partial charge in [0.05, 0.1) is 13.2 Å². The van der Waals surface area contributed by atoms with E-state index in [1.807, 2.05) is 12.1 Å². The highest BCUT2D eigenvalue weighted by Crippen LogP contribution is 2.13. The van der Waals surface area contributed by atoms with Crippen molar-refractivity contribution >= 4 is 11.9 Å². The molecule has 144 valence electrons. The first-order chi connectivity index (χ1) is 13.3. The SMILES string of the molecule is CCNC(=NCc1ccccc1COC)N1CCN(c2ncccn2)CC1. The van der Waals surface area contributed by atoms with E-state index in [4.69, 9.17) is 9.73 Å². The predicted octanol–water partition coefficient (Wildman–Crippen LogP) is 1.91. The van der Waals surface area contributed by atoms with Crippen LogP contribution in [0.5, 0.6) is 0 Å². The van der Waals surface area contributed by atoms with Crippen molar-refractivity contribution in [3.8, 4) is 0 Å². The number of hydrogen-bond donors (Lipinski definition) is 1. The molecule has 0 unspecified atom stereocenters. The van der Waals surface area contributed by atoms with Crippen molar-refractivity contribution in [3.63, 3.8) is 0 Å². The van der Waals surface area contributed by atoms with E-state index in [2.05, 4.69) is 50.2 Å². The van der Waals surface area contributed by atoms with Crippen LogP contribution in [0.1, 0.15) is 18.1 Å². The molecule has 7 heteroatoms. The molecule has 1 fully saturated rings. The van der Waals surface area contributed by atoms with Crippen molar-refractivity contribution in [2.24, 2.45) is 4.99 Å². The molecule has 2 heterocycles. The Kier molecular flexibility index (Phi) is 6.98. The Hall–Kier alpha value is -2.67. The van der Waals surface area contributed by atoms with E-state index >= 15 is 0 Å². The van der Waals surface area contributed by atoms with Crippen LogP contribution in [0.3, 0.4) is 0 Å². The third-order valence-corrected chi connectivity index (χ3v) is 4.57. The molecule has 2 aromatic rings. The number of methoxy groups -OCH3 is 1. The summed E-state index contributed by atoms with van der Waals surface area (Å²) in [6.07, 6.45) is 3.58. The summed E-state index contributed by atoms with van der Waals surface area (Å²) in [4.78, 5) is 18.1. The predicted molar refractivity (Wildman–Crippen MR) is 108 cm³/mol. The highest BCUT2D eigenvalue weighted by molar-refractivity contribution is 5.80. The number of nitrogens with zero attached hydrogens (tertiary/aromatic N) is 5. The summed E-state index contributed by atoms with van der Waals surface area (Å²) in [5.74, 6) is 1.76. The van der Waals surface area contributed by atoms with Crippen LogP contribution >= 0.6 is 0 Å². The smallest absolute Gasteiger partial charge is 0.225 e. The fourth-order valence-electron chi connectivity index (χ4n) is 3.17. The lowest BCUT2D eigenvalue weighted by Crippen LogP contribution is -2.53. The van der Waals surface area contributed by atoms with Crippen molar-refractivity contribution in [2.45, 2.75) is 20.1 Å². The third kappa shape index (κ3) is 5.17. The Labute approximate surface area is 161 Å². The minimum atomic E-state index is 0.609. The molecular formula is C20H28N6O. The number of rotatable bonds is 6. The van der Waals surface area contributed by atoms with Gasteiger partial charge in [0, 0.05) is 52.2 Å². The van der Waals surface area contributed by atoms with E-state index in [0.29, 0.717) is 13.2 Å². The van der Waals surface area contributed by atoms with Gasteiger partial charge in [-0.3, -0.25) is 0 Å². The molecule has 1 aliphatic heterocycles. The summed E-state index contributed by atoms with van der Waals surface area (Å²) in [6, 6.07) is 10.1. The van der Waals surface area contributed by atoms with E-state index in [1.165, 1.54) is 11.1 Å². The molecule has 1 aromatic heterocycles. The van der Waals surface area contributed by atoms with Crippen molar-refractivity contribution in [1.82, 2.24) is 20.2 Å². The van der Waals surface area contributed by atoms with Crippen molar-refractivity contribution in [1.29, 1.82) is 0 Å². The topological polar surface area (TPSA) is 65.9 Å². The second-order valence-electron chi connectivity index (χ2n) is 6.39. The zero-order valence-electron chi connectivity index (χ0n) is 16.1. The van der Waals surface area contributed by atoms with E-state index in [9.17, 15) is 0 Å². The van der Waals surface area contributed by atoms with Crippen LogP contribution in [-0.4, -0.2) is 60.7 Å². The van der Waals surface area contributed by atoms with Crippen LogP contribution < -0.4 is 10.2 Å². The van der Waals surface area contributed by atoms with E-state index < -0.39 is 0 Å². The molecule has 3 rings (SSSR count). The van der Waals surface area contributed by atoms with Crippen LogP contribution in [0.25, 0.3) is 0 Å². The van der Waals surface area contributed by atoms with Gasteiger partial charge in [0.2, 0.25) is 5.95 Å². The molecule has 1 N–H and O–H groups in total. The number of nitrogens with one attached hydrogen (secondary N) is 1. The van der Waals surface area contributed by atoms with Gasteiger partial charge in [-0.15, -0.1) is 0 Å².